The Morgan fingerprint density at radius 3 is 1.38 bits per heavy atom. The van der Waals surface area contributed by atoms with Crippen molar-refractivity contribution in [2.45, 2.75) is 13.8 Å². The van der Waals surface area contributed by atoms with Crippen LogP contribution in [0.15, 0.2) is 0 Å². The number of piperazine rings is 1. The van der Waals surface area contributed by atoms with Crippen LogP contribution in [0.1, 0.15) is 16.7 Å². The summed E-state index contributed by atoms with van der Waals surface area (Å²) in [6, 6.07) is 0. The van der Waals surface area contributed by atoms with Crippen LogP contribution in [0.4, 0.5) is 0 Å². The Kier molecular flexibility index (Phi) is 11.2. The maximum atomic E-state index is 3.20. The number of rotatable bonds is 6. The van der Waals surface area contributed by atoms with E-state index >= 15 is 0 Å². The Morgan fingerprint density at radius 2 is 1.12 bits per heavy atom. The first-order valence-corrected chi connectivity index (χ1v) is 6.60. The number of nitrogens with zero attached hydrogens (tertiary/aromatic N) is 2. The van der Waals surface area contributed by atoms with Crippen LogP contribution in [-0.2, 0) is 0 Å². The summed E-state index contributed by atoms with van der Waals surface area (Å²) in [5.74, 6) is 0. The number of likely N-dealkylation sites (N-methyl/N-ethyl adjacent to an activating group) is 2. The SMILES string of the molecule is CC.CNCCN1CCN(CCNC)CC1.[HH].[HH]. The topological polar surface area (TPSA) is 30.5 Å². The zero-order chi connectivity index (χ0) is 12.2. The van der Waals surface area contributed by atoms with E-state index in [0.717, 1.165) is 13.1 Å². The molecule has 2 N–H and O–H groups in total. The van der Waals surface area contributed by atoms with E-state index in [0.29, 0.717) is 0 Å². The maximum absolute atomic E-state index is 3.20. The fraction of sp³-hybridized carbons (Fsp3) is 1.00. The Balaban J connectivity index is -0.000000534. The van der Waals surface area contributed by atoms with Crippen molar-refractivity contribution in [3.8, 4) is 0 Å². The quantitative estimate of drug-likeness (QED) is 0.703. The number of hydrogen-bond acceptors (Lipinski definition) is 4. The molecule has 0 unspecified atom stereocenters. The molecule has 0 amide bonds. The standard InChI is InChI=1S/C10H24N4.C2H6.2H2/c1-11-3-5-13-7-9-14(10-8-13)6-4-12-2;1-2;;/h11-12H,3-10H2,1-2H3;1-2H3;2*1H. The highest BCUT2D eigenvalue weighted by molar-refractivity contribution is 4.72. The highest BCUT2D eigenvalue weighted by Crippen LogP contribution is 1.99. The largest absolute Gasteiger partial charge is 0.318 e. The van der Waals surface area contributed by atoms with Crippen molar-refractivity contribution < 1.29 is 2.85 Å². The second-order valence-corrected chi connectivity index (χ2v) is 3.89. The van der Waals surface area contributed by atoms with Gasteiger partial charge in [0.2, 0.25) is 0 Å². The summed E-state index contributed by atoms with van der Waals surface area (Å²) in [5.41, 5.74) is 0. The fourth-order valence-electron chi connectivity index (χ4n) is 1.78. The van der Waals surface area contributed by atoms with E-state index in [2.05, 4.69) is 20.4 Å². The predicted molar refractivity (Wildman–Crippen MR) is 76.3 cm³/mol. The second kappa shape index (κ2) is 11.3. The lowest BCUT2D eigenvalue weighted by molar-refractivity contribution is 0.134. The summed E-state index contributed by atoms with van der Waals surface area (Å²) in [7, 11) is 4.03. The summed E-state index contributed by atoms with van der Waals surface area (Å²) >= 11 is 0. The summed E-state index contributed by atoms with van der Waals surface area (Å²) in [4.78, 5) is 5.07. The van der Waals surface area contributed by atoms with Gasteiger partial charge in [-0.3, -0.25) is 9.80 Å². The van der Waals surface area contributed by atoms with Gasteiger partial charge < -0.3 is 10.6 Å². The number of nitrogens with one attached hydrogen (secondary N) is 2. The van der Waals surface area contributed by atoms with Crippen LogP contribution in [0, 0.1) is 0 Å². The molecule has 0 aromatic carbocycles. The first-order chi connectivity index (χ1) is 7.86. The van der Waals surface area contributed by atoms with Crippen molar-refractivity contribution in [2.75, 3.05) is 66.5 Å². The Morgan fingerprint density at radius 1 is 0.812 bits per heavy atom. The van der Waals surface area contributed by atoms with E-state index in [-0.39, 0.29) is 2.85 Å². The molecule has 16 heavy (non-hydrogen) atoms. The fourth-order valence-corrected chi connectivity index (χ4v) is 1.78. The molecule has 4 nitrogen and oxygen atoms in total. The average Bonchev–Trinajstić information content (AvgIpc) is 2.37. The third-order valence-corrected chi connectivity index (χ3v) is 2.82. The average molecular weight is 234 g/mol. The zero-order valence-corrected chi connectivity index (χ0v) is 11.6. The van der Waals surface area contributed by atoms with E-state index in [1.165, 1.54) is 39.3 Å². The van der Waals surface area contributed by atoms with Gasteiger partial charge in [0, 0.05) is 55.2 Å². The van der Waals surface area contributed by atoms with Crippen molar-refractivity contribution in [2.24, 2.45) is 0 Å². The third-order valence-electron chi connectivity index (χ3n) is 2.82. The van der Waals surface area contributed by atoms with E-state index in [9.17, 15) is 0 Å². The Labute approximate surface area is 104 Å². The first kappa shape index (κ1) is 15.8. The lowest BCUT2D eigenvalue weighted by Gasteiger charge is -2.34. The van der Waals surface area contributed by atoms with Gasteiger partial charge in [-0.1, -0.05) is 13.8 Å². The molecule has 1 heterocycles. The molecule has 4 heteroatoms. The molecule has 0 bridgehead atoms. The molecular formula is C12H34N4. The van der Waals surface area contributed by atoms with E-state index in [1.54, 1.807) is 0 Å². The van der Waals surface area contributed by atoms with Gasteiger partial charge in [0.1, 0.15) is 0 Å². The van der Waals surface area contributed by atoms with Crippen molar-refractivity contribution in [1.29, 1.82) is 0 Å². The van der Waals surface area contributed by atoms with E-state index < -0.39 is 0 Å². The lowest BCUT2D eigenvalue weighted by Crippen LogP contribution is -2.49. The van der Waals surface area contributed by atoms with E-state index in [4.69, 9.17) is 0 Å². The smallest absolute Gasteiger partial charge is 0.0110 e. The highest BCUT2D eigenvalue weighted by Gasteiger charge is 2.14. The van der Waals surface area contributed by atoms with Crippen LogP contribution in [-0.4, -0.2) is 76.3 Å². The minimum atomic E-state index is 0. The van der Waals surface area contributed by atoms with Crippen LogP contribution >= 0.6 is 0 Å². The van der Waals surface area contributed by atoms with Gasteiger partial charge in [0.15, 0.2) is 0 Å². The molecule has 0 aliphatic carbocycles. The molecular weight excluding hydrogens is 200 g/mol. The van der Waals surface area contributed by atoms with Gasteiger partial charge in [-0.05, 0) is 14.1 Å². The zero-order valence-electron chi connectivity index (χ0n) is 11.6. The molecule has 0 spiro atoms. The van der Waals surface area contributed by atoms with Gasteiger partial charge in [-0.2, -0.15) is 0 Å². The molecule has 0 atom stereocenters. The normalized spacial score (nSPS) is 18.0. The summed E-state index contributed by atoms with van der Waals surface area (Å²) < 4.78 is 0. The van der Waals surface area contributed by atoms with Crippen LogP contribution in [0.3, 0.4) is 0 Å². The van der Waals surface area contributed by atoms with Crippen LogP contribution in [0.5, 0.6) is 0 Å². The van der Waals surface area contributed by atoms with Gasteiger partial charge >= 0.3 is 0 Å². The molecule has 1 fully saturated rings. The minimum absolute atomic E-state index is 0. The molecule has 1 rings (SSSR count). The van der Waals surface area contributed by atoms with Crippen molar-refractivity contribution in [1.82, 2.24) is 20.4 Å². The third kappa shape index (κ3) is 7.17. The van der Waals surface area contributed by atoms with E-state index in [1.807, 2.05) is 27.9 Å². The Bertz CT molecular complexity index is 126. The van der Waals surface area contributed by atoms with Crippen LogP contribution in [0.25, 0.3) is 0 Å². The Hall–Kier alpha value is -0.160. The van der Waals surface area contributed by atoms with Crippen LogP contribution < -0.4 is 10.6 Å². The molecule has 0 saturated carbocycles. The van der Waals surface area contributed by atoms with Gasteiger partial charge in [-0.25, -0.2) is 0 Å². The maximum Gasteiger partial charge on any atom is 0.0110 e. The molecule has 1 saturated heterocycles. The molecule has 102 valence electrons. The monoisotopic (exact) mass is 234 g/mol. The summed E-state index contributed by atoms with van der Waals surface area (Å²) in [6.45, 7) is 13.5. The summed E-state index contributed by atoms with van der Waals surface area (Å²) in [6.07, 6.45) is 0. The minimum Gasteiger partial charge on any atom is -0.318 e. The predicted octanol–water partition coefficient (Wildman–Crippen LogP) is 0.561. The van der Waals surface area contributed by atoms with Crippen molar-refractivity contribution >= 4 is 0 Å². The molecule has 1 aliphatic rings. The summed E-state index contributed by atoms with van der Waals surface area (Å²) in [5, 5.41) is 6.39. The molecule has 1 aliphatic heterocycles. The lowest BCUT2D eigenvalue weighted by atomic mass is 10.3. The number of hydrogen-bond donors (Lipinski definition) is 2. The molecule has 0 radical (unpaired) electrons. The van der Waals surface area contributed by atoms with Gasteiger partial charge in [-0.15, -0.1) is 0 Å². The first-order valence-electron chi connectivity index (χ1n) is 6.60. The molecule has 0 aromatic heterocycles. The van der Waals surface area contributed by atoms with Gasteiger partial charge in [0.05, 0.1) is 0 Å². The molecule has 0 aromatic rings. The van der Waals surface area contributed by atoms with Crippen molar-refractivity contribution in [3.63, 3.8) is 0 Å². The van der Waals surface area contributed by atoms with Crippen molar-refractivity contribution in [3.05, 3.63) is 0 Å². The van der Waals surface area contributed by atoms with Crippen LogP contribution in [0.2, 0.25) is 0 Å². The van der Waals surface area contributed by atoms with Gasteiger partial charge in [0.25, 0.3) is 0 Å². The highest BCUT2D eigenvalue weighted by atomic mass is 15.3. The second-order valence-electron chi connectivity index (χ2n) is 3.89.